The van der Waals surface area contributed by atoms with Crippen LogP contribution in [0.2, 0.25) is 0 Å². The summed E-state index contributed by atoms with van der Waals surface area (Å²) in [6.45, 7) is 1.72. The minimum absolute atomic E-state index is 0.123. The Hall–Kier alpha value is -2.12. The second kappa shape index (κ2) is 7.86. The number of carbonyl (C=O) groups excluding carboxylic acids is 1. The van der Waals surface area contributed by atoms with Crippen LogP contribution in [0.4, 0.5) is 0 Å². The maximum absolute atomic E-state index is 12.7. The summed E-state index contributed by atoms with van der Waals surface area (Å²) >= 11 is 0. The number of aromatic nitrogens is 1. The van der Waals surface area contributed by atoms with E-state index in [4.69, 9.17) is 4.42 Å². The lowest BCUT2D eigenvalue weighted by molar-refractivity contribution is -0.124. The Morgan fingerprint density at radius 2 is 2.04 bits per heavy atom. The van der Waals surface area contributed by atoms with Crippen molar-refractivity contribution in [3.63, 3.8) is 0 Å². The molecular formula is C20H28N4O3. The molecule has 27 heavy (non-hydrogen) atoms. The van der Waals surface area contributed by atoms with Crippen LogP contribution in [-0.2, 0) is 4.79 Å². The second-order valence-electron chi connectivity index (χ2n) is 7.90. The normalized spacial score (nSPS) is 24.9. The largest absolute Gasteiger partial charge is 0.420 e. The highest BCUT2D eigenvalue weighted by molar-refractivity contribution is 5.83. The van der Waals surface area contributed by atoms with Crippen molar-refractivity contribution in [1.82, 2.24) is 20.7 Å². The van der Waals surface area contributed by atoms with Gasteiger partial charge in [-0.3, -0.25) is 14.8 Å². The summed E-state index contributed by atoms with van der Waals surface area (Å²) in [5.41, 5.74) is 7.64. The van der Waals surface area contributed by atoms with Crippen molar-refractivity contribution in [2.24, 2.45) is 5.92 Å². The van der Waals surface area contributed by atoms with Gasteiger partial charge >= 0.3 is 5.76 Å². The van der Waals surface area contributed by atoms with E-state index >= 15 is 0 Å². The lowest BCUT2D eigenvalue weighted by Crippen LogP contribution is -2.47. The van der Waals surface area contributed by atoms with E-state index in [0.717, 1.165) is 18.8 Å². The average Bonchev–Trinajstić information content (AvgIpc) is 3.24. The number of hydrazine groups is 1. The van der Waals surface area contributed by atoms with Crippen LogP contribution in [0, 0.1) is 5.92 Å². The van der Waals surface area contributed by atoms with E-state index in [9.17, 15) is 9.59 Å². The number of carbonyl (C=O) groups is 1. The van der Waals surface area contributed by atoms with Crippen LogP contribution in [0.15, 0.2) is 33.5 Å². The van der Waals surface area contributed by atoms with Gasteiger partial charge in [-0.05, 0) is 37.8 Å². The molecule has 0 spiro atoms. The molecule has 2 aliphatic rings. The molecule has 1 aliphatic carbocycles. The summed E-state index contributed by atoms with van der Waals surface area (Å²) in [5, 5.41) is 3.01. The van der Waals surface area contributed by atoms with E-state index in [-0.39, 0.29) is 12.1 Å². The van der Waals surface area contributed by atoms with Gasteiger partial charge in [0, 0.05) is 6.04 Å². The molecule has 0 radical (unpaired) electrons. The van der Waals surface area contributed by atoms with Gasteiger partial charge in [-0.15, -0.1) is 0 Å². The lowest BCUT2D eigenvalue weighted by Gasteiger charge is -2.24. The summed E-state index contributed by atoms with van der Waals surface area (Å²) in [6, 6.07) is 6.90. The molecule has 1 saturated heterocycles. The van der Waals surface area contributed by atoms with Crippen LogP contribution >= 0.6 is 0 Å². The molecule has 1 aliphatic heterocycles. The Balaban J connectivity index is 1.36. The number of amides is 1. The number of nitrogens with one attached hydrogen (secondary N) is 3. The molecule has 1 aromatic carbocycles. The first-order valence-electron chi connectivity index (χ1n) is 10.0. The summed E-state index contributed by atoms with van der Waals surface area (Å²) < 4.78 is 6.65. The maximum Gasteiger partial charge on any atom is 0.420 e. The van der Waals surface area contributed by atoms with Gasteiger partial charge in [0.15, 0.2) is 5.58 Å². The molecular weight excluding hydrogens is 344 g/mol. The van der Waals surface area contributed by atoms with Gasteiger partial charge in [0.05, 0.1) is 11.7 Å². The number of para-hydroxylation sites is 2. The van der Waals surface area contributed by atoms with Gasteiger partial charge in [-0.2, -0.15) is 0 Å². The van der Waals surface area contributed by atoms with Gasteiger partial charge in [-0.1, -0.05) is 44.2 Å². The SMILES string of the molecule is CC(C(=O)NC1CC(CC2CCCCC2)NN1)n1c(=O)oc2ccccc21. The van der Waals surface area contributed by atoms with Crippen LogP contribution in [0.25, 0.3) is 11.1 Å². The lowest BCUT2D eigenvalue weighted by atomic mass is 9.84. The molecule has 1 saturated carbocycles. The van der Waals surface area contributed by atoms with Crippen LogP contribution in [0.3, 0.4) is 0 Å². The van der Waals surface area contributed by atoms with Crippen molar-refractivity contribution < 1.29 is 9.21 Å². The first-order valence-corrected chi connectivity index (χ1v) is 10.0. The van der Waals surface area contributed by atoms with E-state index in [2.05, 4.69) is 16.2 Å². The maximum atomic E-state index is 12.7. The Bertz CT molecular complexity index is 852. The Morgan fingerprint density at radius 3 is 2.85 bits per heavy atom. The van der Waals surface area contributed by atoms with Crippen LogP contribution < -0.4 is 21.9 Å². The molecule has 1 amide bonds. The molecule has 7 heteroatoms. The number of benzene rings is 1. The van der Waals surface area contributed by atoms with E-state index < -0.39 is 11.8 Å². The number of rotatable bonds is 5. The summed E-state index contributed by atoms with van der Waals surface area (Å²) in [4.78, 5) is 24.9. The topological polar surface area (TPSA) is 88.3 Å². The highest BCUT2D eigenvalue weighted by atomic mass is 16.4. The molecule has 2 fully saturated rings. The van der Waals surface area contributed by atoms with Crippen LogP contribution in [0.1, 0.15) is 57.9 Å². The fourth-order valence-corrected chi connectivity index (χ4v) is 4.46. The monoisotopic (exact) mass is 372 g/mol. The van der Waals surface area contributed by atoms with Crippen LogP contribution in [0.5, 0.6) is 0 Å². The van der Waals surface area contributed by atoms with E-state index in [1.165, 1.54) is 36.7 Å². The van der Waals surface area contributed by atoms with Crippen molar-refractivity contribution in [2.45, 2.75) is 70.1 Å². The van der Waals surface area contributed by atoms with Crippen molar-refractivity contribution >= 4 is 17.0 Å². The molecule has 2 aromatic rings. The van der Waals surface area contributed by atoms with Gasteiger partial charge in [0.25, 0.3) is 0 Å². The molecule has 1 aromatic heterocycles. The fourth-order valence-electron chi connectivity index (χ4n) is 4.46. The number of hydrogen-bond donors (Lipinski definition) is 3. The van der Waals surface area contributed by atoms with Gasteiger partial charge in [-0.25, -0.2) is 10.2 Å². The Morgan fingerprint density at radius 1 is 1.26 bits per heavy atom. The van der Waals surface area contributed by atoms with Crippen molar-refractivity contribution in [1.29, 1.82) is 0 Å². The minimum Gasteiger partial charge on any atom is -0.408 e. The smallest absolute Gasteiger partial charge is 0.408 e. The summed E-state index contributed by atoms with van der Waals surface area (Å²) in [5.74, 6) is 0.0927. The fraction of sp³-hybridized carbons (Fsp3) is 0.600. The van der Waals surface area contributed by atoms with E-state index in [1.54, 1.807) is 25.1 Å². The van der Waals surface area contributed by atoms with Gasteiger partial charge < -0.3 is 9.73 Å². The molecule has 2 heterocycles. The third kappa shape index (κ3) is 3.94. The molecule has 146 valence electrons. The minimum atomic E-state index is -0.639. The quantitative estimate of drug-likeness (QED) is 0.750. The molecule has 0 bridgehead atoms. The molecule has 3 atom stereocenters. The zero-order chi connectivity index (χ0) is 18.8. The zero-order valence-corrected chi connectivity index (χ0v) is 15.7. The highest BCUT2D eigenvalue weighted by Crippen LogP contribution is 2.28. The molecule has 7 nitrogen and oxygen atoms in total. The standard InChI is InChI=1S/C20H28N4O3/c1-13(24-16-9-5-6-10-17(16)27-20(24)26)19(25)21-18-12-15(22-23-18)11-14-7-3-2-4-8-14/h5-6,9-10,13-15,18,22-23H,2-4,7-8,11-12H2,1H3,(H,21,25). The number of hydrogen-bond acceptors (Lipinski definition) is 5. The highest BCUT2D eigenvalue weighted by Gasteiger charge is 2.30. The summed E-state index contributed by atoms with van der Waals surface area (Å²) in [7, 11) is 0. The average molecular weight is 372 g/mol. The molecule has 3 N–H and O–H groups in total. The predicted octanol–water partition coefficient (Wildman–Crippen LogP) is 2.43. The number of oxazole rings is 1. The Kier molecular flexibility index (Phi) is 5.31. The van der Waals surface area contributed by atoms with E-state index in [1.807, 2.05) is 6.07 Å². The molecule has 3 unspecified atom stereocenters. The van der Waals surface area contributed by atoms with Crippen LogP contribution in [-0.4, -0.2) is 22.7 Å². The second-order valence-corrected chi connectivity index (χ2v) is 7.90. The van der Waals surface area contributed by atoms with E-state index in [0.29, 0.717) is 17.1 Å². The summed E-state index contributed by atoms with van der Waals surface area (Å²) in [6.07, 6.45) is 8.59. The Labute approximate surface area is 158 Å². The first-order chi connectivity index (χ1) is 13.1. The zero-order valence-electron chi connectivity index (χ0n) is 15.7. The molecule has 4 rings (SSSR count). The van der Waals surface area contributed by atoms with Crippen molar-refractivity contribution in [2.75, 3.05) is 0 Å². The van der Waals surface area contributed by atoms with Gasteiger partial charge in [0.2, 0.25) is 5.91 Å². The third-order valence-electron chi connectivity index (χ3n) is 5.93. The first kappa shape index (κ1) is 18.3. The van der Waals surface area contributed by atoms with Crippen molar-refractivity contribution in [3.8, 4) is 0 Å². The predicted molar refractivity (Wildman–Crippen MR) is 103 cm³/mol. The number of fused-ring (bicyclic) bond motifs is 1. The number of nitrogens with zero attached hydrogens (tertiary/aromatic N) is 1. The van der Waals surface area contributed by atoms with Crippen molar-refractivity contribution in [3.05, 3.63) is 34.8 Å². The van der Waals surface area contributed by atoms with Gasteiger partial charge in [0.1, 0.15) is 6.04 Å². The third-order valence-corrected chi connectivity index (χ3v) is 5.93.